The van der Waals surface area contributed by atoms with Crippen molar-refractivity contribution in [2.45, 2.75) is 6.42 Å². The number of benzene rings is 2. The summed E-state index contributed by atoms with van der Waals surface area (Å²) in [6.07, 6.45) is 3.92. The summed E-state index contributed by atoms with van der Waals surface area (Å²) >= 11 is 0. The van der Waals surface area contributed by atoms with E-state index in [4.69, 9.17) is 4.98 Å². The van der Waals surface area contributed by atoms with Crippen molar-refractivity contribution in [2.75, 3.05) is 0 Å². The predicted octanol–water partition coefficient (Wildman–Crippen LogP) is 4.59. The van der Waals surface area contributed by atoms with Crippen LogP contribution in [0.3, 0.4) is 0 Å². The molecule has 0 aliphatic carbocycles. The molecule has 0 saturated carbocycles. The molecule has 0 bridgehead atoms. The molecule has 0 saturated heterocycles. The summed E-state index contributed by atoms with van der Waals surface area (Å²) in [5.74, 6) is -0.945. The fraction of sp³-hybridized carbons (Fsp3) is 0.0455. The first-order valence-electron chi connectivity index (χ1n) is 8.33. The van der Waals surface area contributed by atoms with Crippen molar-refractivity contribution in [1.82, 2.24) is 9.97 Å². The highest BCUT2D eigenvalue weighted by molar-refractivity contribution is 6.05. The van der Waals surface area contributed by atoms with E-state index < -0.39 is 5.97 Å². The van der Waals surface area contributed by atoms with E-state index in [1.807, 2.05) is 66.7 Å². The van der Waals surface area contributed by atoms with Crippen molar-refractivity contribution in [3.05, 3.63) is 95.8 Å². The van der Waals surface area contributed by atoms with Crippen molar-refractivity contribution in [3.63, 3.8) is 0 Å². The fourth-order valence-corrected chi connectivity index (χ4v) is 3.21. The van der Waals surface area contributed by atoms with Gasteiger partial charge < -0.3 is 5.11 Å². The lowest BCUT2D eigenvalue weighted by atomic mass is 9.92. The molecule has 1 N–H and O–H groups in total. The molecule has 4 rings (SSSR count). The van der Waals surface area contributed by atoms with Crippen molar-refractivity contribution >= 4 is 16.9 Å². The molecule has 0 aliphatic rings. The van der Waals surface area contributed by atoms with Crippen LogP contribution in [0, 0.1) is 0 Å². The van der Waals surface area contributed by atoms with Gasteiger partial charge in [0, 0.05) is 29.8 Å². The molecule has 4 aromatic rings. The Balaban J connectivity index is 2.04. The first-order valence-corrected chi connectivity index (χ1v) is 8.33. The average molecular weight is 340 g/mol. The smallest absolute Gasteiger partial charge is 0.336 e. The normalized spacial score (nSPS) is 10.8. The Kier molecular flexibility index (Phi) is 4.15. The number of aromatic nitrogens is 2. The molecule has 0 amide bonds. The topological polar surface area (TPSA) is 63.1 Å². The molecule has 0 fully saturated rings. The lowest BCUT2D eigenvalue weighted by Crippen LogP contribution is -2.08. The molecule has 2 aromatic heterocycles. The second-order valence-electron chi connectivity index (χ2n) is 6.04. The van der Waals surface area contributed by atoms with Gasteiger partial charge in [0.2, 0.25) is 0 Å². The van der Waals surface area contributed by atoms with Crippen LogP contribution in [0.4, 0.5) is 0 Å². The van der Waals surface area contributed by atoms with Gasteiger partial charge in [-0.3, -0.25) is 4.98 Å². The summed E-state index contributed by atoms with van der Waals surface area (Å²) in [6, 6.07) is 20.9. The van der Waals surface area contributed by atoms with Crippen molar-refractivity contribution in [2.24, 2.45) is 0 Å². The van der Waals surface area contributed by atoms with Crippen LogP contribution in [-0.4, -0.2) is 21.0 Å². The van der Waals surface area contributed by atoms with E-state index in [0.717, 1.165) is 11.1 Å². The predicted molar refractivity (Wildman–Crippen MR) is 101 cm³/mol. The number of aromatic carboxylic acids is 1. The maximum Gasteiger partial charge on any atom is 0.336 e. The number of hydrogen-bond donors (Lipinski definition) is 1. The number of carboxylic acids is 1. The monoisotopic (exact) mass is 340 g/mol. The van der Waals surface area contributed by atoms with E-state index in [0.29, 0.717) is 34.1 Å². The number of carboxylic acid groups (broad SMARTS) is 1. The largest absolute Gasteiger partial charge is 0.478 e. The summed E-state index contributed by atoms with van der Waals surface area (Å²) in [5.41, 5.74) is 4.24. The van der Waals surface area contributed by atoms with E-state index in [1.54, 1.807) is 12.4 Å². The lowest BCUT2D eigenvalue weighted by Gasteiger charge is -2.15. The zero-order valence-corrected chi connectivity index (χ0v) is 14.0. The number of pyridine rings is 2. The fourth-order valence-electron chi connectivity index (χ4n) is 3.21. The number of carbonyl (C=O) groups is 1. The van der Waals surface area contributed by atoms with Gasteiger partial charge in [0.1, 0.15) is 0 Å². The Morgan fingerprint density at radius 3 is 2.42 bits per heavy atom. The SMILES string of the molecule is O=C(O)c1c(Cc2cccnc2)c(-c2ccccc2)nc2ccccc12. The maximum atomic E-state index is 12.2. The molecule has 0 radical (unpaired) electrons. The van der Waals surface area contributed by atoms with E-state index in [-0.39, 0.29) is 0 Å². The molecular formula is C22H16N2O2. The van der Waals surface area contributed by atoms with Crippen LogP contribution in [0.2, 0.25) is 0 Å². The molecule has 0 aliphatic heterocycles. The van der Waals surface area contributed by atoms with Crippen LogP contribution in [0.15, 0.2) is 79.1 Å². The van der Waals surface area contributed by atoms with Gasteiger partial charge in [-0.15, -0.1) is 0 Å². The molecule has 4 nitrogen and oxygen atoms in total. The van der Waals surface area contributed by atoms with Crippen LogP contribution in [-0.2, 0) is 6.42 Å². The summed E-state index contributed by atoms with van der Waals surface area (Å²) in [5, 5.41) is 10.6. The second kappa shape index (κ2) is 6.76. The molecule has 0 spiro atoms. The van der Waals surface area contributed by atoms with Gasteiger partial charge in [0.25, 0.3) is 0 Å². The molecule has 0 unspecified atom stereocenters. The molecular weight excluding hydrogens is 324 g/mol. The van der Waals surface area contributed by atoms with Gasteiger partial charge >= 0.3 is 5.97 Å². The van der Waals surface area contributed by atoms with Gasteiger partial charge in [0.15, 0.2) is 0 Å². The van der Waals surface area contributed by atoms with Crippen molar-refractivity contribution < 1.29 is 9.90 Å². The Bertz CT molecular complexity index is 1080. The van der Waals surface area contributed by atoms with Crippen molar-refractivity contribution in [3.8, 4) is 11.3 Å². The zero-order chi connectivity index (χ0) is 17.9. The van der Waals surface area contributed by atoms with Gasteiger partial charge in [0.05, 0.1) is 16.8 Å². The van der Waals surface area contributed by atoms with Crippen LogP contribution in [0.25, 0.3) is 22.2 Å². The van der Waals surface area contributed by atoms with Crippen LogP contribution >= 0.6 is 0 Å². The first-order chi connectivity index (χ1) is 12.7. The molecule has 4 heteroatoms. The maximum absolute atomic E-state index is 12.2. The molecule has 26 heavy (non-hydrogen) atoms. The lowest BCUT2D eigenvalue weighted by molar-refractivity contribution is 0.0698. The molecule has 2 aromatic carbocycles. The Labute approximate surface area is 150 Å². The van der Waals surface area contributed by atoms with Gasteiger partial charge in [-0.05, 0) is 23.3 Å². The third-order valence-electron chi connectivity index (χ3n) is 4.36. The van der Waals surface area contributed by atoms with Crippen LogP contribution in [0.5, 0.6) is 0 Å². The van der Waals surface area contributed by atoms with E-state index in [2.05, 4.69) is 4.98 Å². The number of fused-ring (bicyclic) bond motifs is 1. The van der Waals surface area contributed by atoms with Crippen molar-refractivity contribution in [1.29, 1.82) is 0 Å². The second-order valence-corrected chi connectivity index (χ2v) is 6.04. The average Bonchev–Trinajstić information content (AvgIpc) is 2.68. The highest BCUT2D eigenvalue weighted by Crippen LogP contribution is 2.31. The number of rotatable bonds is 4. The van der Waals surface area contributed by atoms with Gasteiger partial charge in [-0.1, -0.05) is 54.6 Å². The Hall–Kier alpha value is -3.53. The third kappa shape index (κ3) is 2.93. The van der Waals surface area contributed by atoms with Gasteiger partial charge in [-0.25, -0.2) is 9.78 Å². The Morgan fingerprint density at radius 2 is 1.69 bits per heavy atom. The summed E-state index contributed by atoms with van der Waals surface area (Å²) in [6.45, 7) is 0. The number of nitrogens with zero attached hydrogens (tertiary/aromatic N) is 2. The van der Waals surface area contributed by atoms with E-state index in [9.17, 15) is 9.90 Å². The number of hydrogen-bond acceptors (Lipinski definition) is 3. The minimum Gasteiger partial charge on any atom is -0.478 e. The Morgan fingerprint density at radius 1 is 0.923 bits per heavy atom. The molecule has 2 heterocycles. The quantitative estimate of drug-likeness (QED) is 0.590. The highest BCUT2D eigenvalue weighted by atomic mass is 16.4. The standard InChI is InChI=1S/C22H16N2O2/c25-22(26)20-17-10-4-5-11-19(17)24-21(16-8-2-1-3-9-16)18(20)13-15-7-6-12-23-14-15/h1-12,14H,13H2,(H,25,26). The summed E-state index contributed by atoms with van der Waals surface area (Å²) in [4.78, 5) is 21.1. The highest BCUT2D eigenvalue weighted by Gasteiger charge is 2.21. The molecule has 0 atom stereocenters. The third-order valence-corrected chi connectivity index (χ3v) is 4.36. The summed E-state index contributed by atoms with van der Waals surface area (Å²) in [7, 11) is 0. The van der Waals surface area contributed by atoms with E-state index in [1.165, 1.54) is 0 Å². The number of para-hydroxylation sites is 1. The van der Waals surface area contributed by atoms with Crippen LogP contribution < -0.4 is 0 Å². The molecule has 126 valence electrons. The minimum atomic E-state index is -0.945. The zero-order valence-electron chi connectivity index (χ0n) is 14.0. The minimum absolute atomic E-state index is 0.304. The summed E-state index contributed by atoms with van der Waals surface area (Å²) < 4.78 is 0. The first kappa shape index (κ1) is 16.0. The van der Waals surface area contributed by atoms with E-state index >= 15 is 0 Å². The van der Waals surface area contributed by atoms with Gasteiger partial charge in [-0.2, -0.15) is 0 Å². The van der Waals surface area contributed by atoms with Crippen LogP contribution in [0.1, 0.15) is 21.5 Å².